The van der Waals surface area contributed by atoms with Gasteiger partial charge in [-0.1, -0.05) is 36.4 Å². The molecular weight excluding hydrogens is 394 g/mol. The maximum absolute atomic E-state index is 12.6. The van der Waals surface area contributed by atoms with Crippen LogP contribution in [-0.2, 0) is 21.2 Å². The number of halogens is 1. The summed E-state index contributed by atoms with van der Waals surface area (Å²) >= 11 is 1.11. The number of hydrogen-bond acceptors (Lipinski definition) is 5. The summed E-state index contributed by atoms with van der Waals surface area (Å²) in [4.78, 5) is 14.3. The van der Waals surface area contributed by atoms with Crippen LogP contribution in [0.1, 0.15) is 12.5 Å². The van der Waals surface area contributed by atoms with Crippen molar-refractivity contribution in [1.29, 1.82) is 0 Å². The molecule has 0 saturated heterocycles. The molecular formula is C17H24ClN3O3S2. The maximum Gasteiger partial charge on any atom is 0.250 e. The van der Waals surface area contributed by atoms with Crippen LogP contribution in [0, 0.1) is 0 Å². The van der Waals surface area contributed by atoms with E-state index in [1.165, 1.54) is 6.07 Å². The lowest BCUT2D eigenvalue weighted by Crippen LogP contribution is -2.48. The van der Waals surface area contributed by atoms with Crippen molar-refractivity contribution in [3.8, 4) is 0 Å². The second-order valence-electron chi connectivity index (χ2n) is 5.62. The Bertz CT molecular complexity index is 768. The fourth-order valence-corrected chi connectivity index (χ4v) is 4.63. The molecule has 26 heavy (non-hydrogen) atoms. The van der Waals surface area contributed by atoms with Crippen LogP contribution in [-0.4, -0.2) is 44.9 Å². The molecule has 0 aliphatic heterocycles. The van der Waals surface area contributed by atoms with Crippen molar-refractivity contribution in [2.75, 3.05) is 19.6 Å². The SMILES string of the molecule is CC(NS(=O)(=O)c1cccs1)C(=O)N(CCN)CCc1ccccc1.Cl. The van der Waals surface area contributed by atoms with Crippen molar-refractivity contribution in [2.24, 2.45) is 5.73 Å². The summed E-state index contributed by atoms with van der Waals surface area (Å²) in [5.74, 6) is -0.276. The number of nitrogens with two attached hydrogens (primary N) is 1. The zero-order valence-electron chi connectivity index (χ0n) is 14.5. The summed E-state index contributed by atoms with van der Waals surface area (Å²) in [7, 11) is -3.69. The Hall–Kier alpha value is -1.45. The van der Waals surface area contributed by atoms with Crippen LogP contribution in [0.5, 0.6) is 0 Å². The normalized spacial score (nSPS) is 12.2. The molecule has 144 valence electrons. The number of amides is 1. The molecule has 6 nitrogen and oxygen atoms in total. The number of benzene rings is 1. The van der Waals surface area contributed by atoms with Crippen molar-refractivity contribution >= 4 is 39.7 Å². The highest BCUT2D eigenvalue weighted by Crippen LogP contribution is 2.16. The Morgan fingerprint density at radius 2 is 1.88 bits per heavy atom. The molecule has 1 atom stereocenters. The Morgan fingerprint density at radius 3 is 2.46 bits per heavy atom. The molecule has 1 amide bonds. The Balaban J connectivity index is 0.00000338. The van der Waals surface area contributed by atoms with E-state index in [0.717, 1.165) is 16.9 Å². The monoisotopic (exact) mass is 417 g/mol. The van der Waals surface area contributed by atoms with Crippen molar-refractivity contribution in [3.63, 3.8) is 0 Å². The minimum Gasteiger partial charge on any atom is -0.340 e. The van der Waals surface area contributed by atoms with Crippen LogP contribution >= 0.6 is 23.7 Å². The van der Waals surface area contributed by atoms with Crippen molar-refractivity contribution < 1.29 is 13.2 Å². The highest BCUT2D eigenvalue weighted by atomic mass is 35.5. The number of carbonyl (C=O) groups excluding carboxylic acids is 1. The smallest absolute Gasteiger partial charge is 0.250 e. The molecule has 0 saturated carbocycles. The third kappa shape index (κ3) is 6.37. The first-order chi connectivity index (χ1) is 11.9. The molecule has 3 N–H and O–H groups in total. The number of hydrogen-bond donors (Lipinski definition) is 2. The van der Waals surface area contributed by atoms with Crippen molar-refractivity contribution in [2.45, 2.75) is 23.6 Å². The van der Waals surface area contributed by atoms with Crippen LogP contribution < -0.4 is 10.5 Å². The van der Waals surface area contributed by atoms with Gasteiger partial charge in [-0.25, -0.2) is 8.42 Å². The summed E-state index contributed by atoms with van der Waals surface area (Å²) in [5.41, 5.74) is 6.72. The zero-order valence-corrected chi connectivity index (χ0v) is 16.9. The van der Waals surface area contributed by atoms with Crippen LogP contribution in [0.3, 0.4) is 0 Å². The van der Waals surface area contributed by atoms with E-state index in [1.807, 2.05) is 30.3 Å². The molecule has 9 heteroatoms. The average molecular weight is 418 g/mol. The first-order valence-corrected chi connectivity index (χ1v) is 10.4. The largest absolute Gasteiger partial charge is 0.340 e. The van der Waals surface area contributed by atoms with E-state index in [0.29, 0.717) is 26.1 Å². The fourth-order valence-electron chi connectivity index (χ4n) is 2.43. The van der Waals surface area contributed by atoms with Gasteiger partial charge in [0.2, 0.25) is 5.91 Å². The van der Waals surface area contributed by atoms with E-state index in [4.69, 9.17) is 5.73 Å². The van der Waals surface area contributed by atoms with E-state index >= 15 is 0 Å². The van der Waals surface area contributed by atoms with Crippen LogP contribution in [0.15, 0.2) is 52.1 Å². The van der Waals surface area contributed by atoms with Gasteiger partial charge in [0.25, 0.3) is 10.0 Å². The number of carbonyl (C=O) groups is 1. The standard InChI is InChI=1S/C17H23N3O3S2.ClH/c1-14(19-25(22,23)16-8-5-13-24-16)17(21)20(12-10-18)11-9-15-6-3-2-4-7-15;/h2-8,13-14,19H,9-12,18H2,1H3;1H. The zero-order chi connectivity index (χ0) is 18.3. The second kappa shape index (κ2) is 10.6. The van der Waals surface area contributed by atoms with Crippen molar-refractivity contribution in [3.05, 3.63) is 53.4 Å². The molecule has 1 heterocycles. The molecule has 0 aliphatic carbocycles. The predicted molar refractivity (Wildman–Crippen MR) is 107 cm³/mol. The third-order valence-electron chi connectivity index (χ3n) is 3.69. The van der Waals surface area contributed by atoms with E-state index < -0.39 is 16.1 Å². The van der Waals surface area contributed by atoms with Gasteiger partial charge in [0.1, 0.15) is 4.21 Å². The van der Waals surface area contributed by atoms with Crippen LogP contribution in [0.4, 0.5) is 0 Å². The molecule has 0 radical (unpaired) electrons. The van der Waals surface area contributed by atoms with E-state index in [1.54, 1.807) is 23.3 Å². The van der Waals surface area contributed by atoms with Gasteiger partial charge in [0.15, 0.2) is 0 Å². The maximum atomic E-state index is 12.6. The van der Waals surface area contributed by atoms with Gasteiger partial charge in [-0.2, -0.15) is 4.72 Å². The number of sulfonamides is 1. The highest BCUT2D eigenvalue weighted by molar-refractivity contribution is 7.91. The number of nitrogens with zero attached hydrogens (tertiary/aromatic N) is 1. The summed E-state index contributed by atoms with van der Waals surface area (Å²) in [5, 5.41) is 1.68. The molecule has 1 aromatic carbocycles. The summed E-state index contributed by atoms with van der Waals surface area (Å²) in [6, 6.07) is 12.1. The minimum atomic E-state index is -3.69. The fraction of sp³-hybridized carbons (Fsp3) is 0.353. The lowest BCUT2D eigenvalue weighted by molar-refractivity contribution is -0.132. The topological polar surface area (TPSA) is 92.5 Å². The molecule has 1 aromatic heterocycles. The summed E-state index contributed by atoms with van der Waals surface area (Å²) in [6.07, 6.45) is 0.691. The van der Waals surface area contributed by atoms with Gasteiger partial charge < -0.3 is 10.6 Å². The molecule has 0 aliphatic rings. The minimum absolute atomic E-state index is 0. The number of thiophene rings is 1. The van der Waals surface area contributed by atoms with Gasteiger partial charge in [-0.05, 0) is 30.4 Å². The van der Waals surface area contributed by atoms with Gasteiger partial charge in [0.05, 0.1) is 6.04 Å². The van der Waals surface area contributed by atoms with Crippen molar-refractivity contribution in [1.82, 2.24) is 9.62 Å². The molecule has 2 aromatic rings. The van der Waals surface area contributed by atoms with E-state index in [-0.39, 0.29) is 22.5 Å². The van der Waals surface area contributed by atoms with Crippen LogP contribution in [0.25, 0.3) is 0 Å². The molecule has 0 fully saturated rings. The Kier molecular flexibility index (Phi) is 9.24. The number of rotatable bonds is 9. The lowest BCUT2D eigenvalue weighted by Gasteiger charge is -2.25. The quantitative estimate of drug-likeness (QED) is 0.651. The lowest BCUT2D eigenvalue weighted by atomic mass is 10.1. The first-order valence-electron chi connectivity index (χ1n) is 8.02. The Morgan fingerprint density at radius 1 is 1.19 bits per heavy atom. The third-order valence-corrected chi connectivity index (χ3v) is 6.62. The van der Waals surface area contributed by atoms with Gasteiger partial charge in [0, 0.05) is 19.6 Å². The molecule has 1 unspecified atom stereocenters. The van der Waals surface area contributed by atoms with Gasteiger partial charge >= 0.3 is 0 Å². The highest BCUT2D eigenvalue weighted by Gasteiger charge is 2.26. The van der Waals surface area contributed by atoms with E-state index in [9.17, 15) is 13.2 Å². The summed E-state index contributed by atoms with van der Waals surface area (Å²) in [6.45, 7) is 2.76. The second-order valence-corrected chi connectivity index (χ2v) is 8.51. The van der Waals surface area contributed by atoms with Crippen LogP contribution in [0.2, 0.25) is 0 Å². The average Bonchev–Trinajstić information content (AvgIpc) is 3.14. The molecule has 0 spiro atoms. The van der Waals surface area contributed by atoms with Gasteiger partial charge in [-0.3, -0.25) is 4.79 Å². The predicted octanol–water partition coefficient (Wildman–Crippen LogP) is 1.87. The van der Waals surface area contributed by atoms with E-state index in [2.05, 4.69) is 4.72 Å². The molecule has 0 bridgehead atoms. The summed E-state index contributed by atoms with van der Waals surface area (Å²) < 4.78 is 27.2. The molecule has 2 rings (SSSR count). The first kappa shape index (κ1) is 22.6. The Labute approximate surface area is 164 Å². The number of nitrogens with one attached hydrogen (secondary N) is 1. The van der Waals surface area contributed by atoms with Gasteiger partial charge in [-0.15, -0.1) is 23.7 Å².